The molecule has 1 aromatic heterocycles. The largest absolute Gasteiger partial charge is 0.457 e. The first-order chi connectivity index (χ1) is 15.6. The first-order valence-corrected chi connectivity index (χ1v) is 10.1. The van der Waals surface area contributed by atoms with Gasteiger partial charge >= 0.3 is 0 Å². The number of nitrogens with one attached hydrogen (secondary N) is 1. The van der Waals surface area contributed by atoms with Crippen molar-refractivity contribution >= 4 is 11.6 Å². The fourth-order valence-electron chi connectivity index (χ4n) is 3.04. The minimum Gasteiger partial charge on any atom is -0.457 e. The van der Waals surface area contributed by atoms with Gasteiger partial charge in [0, 0.05) is 16.8 Å². The van der Waals surface area contributed by atoms with Crippen LogP contribution in [0, 0.1) is 6.92 Å². The number of aryl methyl sites for hydroxylation is 1. The number of hydrogen-bond donors (Lipinski definition) is 1. The summed E-state index contributed by atoms with van der Waals surface area (Å²) >= 11 is 0. The minimum absolute atomic E-state index is 0.261. The predicted molar refractivity (Wildman–Crippen MR) is 126 cm³/mol. The lowest BCUT2D eigenvalue weighted by Gasteiger charge is -2.11. The molecule has 1 N–H and O–H groups in total. The Morgan fingerprint density at radius 3 is 2.25 bits per heavy atom. The lowest BCUT2D eigenvalue weighted by atomic mass is 10.1. The molecule has 0 saturated heterocycles. The van der Waals surface area contributed by atoms with Crippen LogP contribution in [0.4, 0.5) is 5.69 Å². The Balaban J connectivity index is 1.51. The van der Waals surface area contributed by atoms with E-state index in [-0.39, 0.29) is 5.91 Å². The van der Waals surface area contributed by atoms with Gasteiger partial charge in [0.05, 0.1) is 5.69 Å². The van der Waals surface area contributed by atoms with E-state index in [2.05, 4.69) is 16.9 Å². The van der Waals surface area contributed by atoms with E-state index in [1.54, 1.807) is 0 Å². The predicted octanol–water partition coefficient (Wildman–Crippen LogP) is 6.77. The van der Waals surface area contributed by atoms with E-state index in [9.17, 15) is 4.79 Å². The van der Waals surface area contributed by atoms with Crippen LogP contribution < -0.4 is 14.8 Å². The molecule has 5 nitrogen and oxygen atoms in total. The monoisotopic (exact) mass is 422 g/mol. The number of amides is 1. The lowest BCUT2D eigenvalue weighted by molar-refractivity contribution is -0.111. The Kier molecular flexibility index (Phi) is 6.28. The van der Waals surface area contributed by atoms with Gasteiger partial charge in [0.1, 0.15) is 17.2 Å². The summed E-state index contributed by atoms with van der Waals surface area (Å²) in [5, 5.41) is 2.76. The topological polar surface area (TPSA) is 60.5 Å². The summed E-state index contributed by atoms with van der Waals surface area (Å²) in [4.78, 5) is 16.3. The maximum atomic E-state index is 11.6. The summed E-state index contributed by atoms with van der Waals surface area (Å²) in [5.41, 5.74) is 3.19. The highest BCUT2D eigenvalue weighted by Crippen LogP contribution is 2.30. The second-order valence-corrected chi connectivity index (χ2v) is 7.08. The molecular formula is C27H22N2O3. The molecule has 0 aliphatic heterocycles. The van der Waals surface area contributed by atoms with Crippen molar-refractivity contribution < 1.29 is 14.3 Å². The summed E-state index contributed by atoms with van der Waals surface area (Å²) in [6.07, 6.45) is 1.24. The first kappa shape index (κ1) is 20.9. The molecule has 3 aromatic carbocycles. The van der Waals surface area contributed by atoms with Gasteiger partial charge in [0.2, 0.25) is 11.8 Å². The molecule has 5 heteroatoms. The fraction of sp³-hybridized carbons (Fsp3) is 0.0370. The highest BCUT2D eigenvalue weighted by Gasteiger charge is 2.09. The minimum atomic E-state index is -0.261. The molecular weight excluding hydrogens is 400 g/mol. The highest BCUT2D eigenvalue weighted by molar-refractivity contribution is 5.99. The number of para-hydroxylation sites is 1. The zero-order chi connectivity index (χ0) is 22.3. The fourth-order valence-corrected chi connectivity index (χ4v) is 3.04. The number of hydrogen-bond acceptors (Lipinski definition) is 4. The number of rotatable bonds is 7. The number of benzene rings is 3. The van der Waals surface area contributed by atoms with E-state index in [4.69, 9.17) is 9.47 Å². The average molecular weight is 422 g/mol. The van der Waals surface area contributed by atoms with Crippen molar-refractivity contribution in [1.29, 1.82) is 0 Å². The van der Waals surface area contributed by atoms with E-state index in [1.807, 2.05) is 97.9 Å². The zero-order valence-corrected chi connectivity index (χ0v) is 17.6. The van der Waals surface area contributed by atoms with Crippen molar-refractivity contribution in [3.8, 4) is 34.4 Å². The van der Waals surface area contributed by atoms with Gasteiger partial charge in [0.15, 0.2) is 0 Å². The van der Waals surface area contributed by atoms with Gasteiger partial charge in [-0.25, -0.2) is 4.98 Å². The molecule has 4 rings (SSSR count). The van der Waals surface area contributed by atoms with Gasteiger partial charge in [-0.1, -0.05) is 43.0 Å². The molecule has 0 atom stereocenters. The number of carbonyl (C=O) groups is 1. The molecule has 1 heterocycles. The molecule has 0 bridgehead atoms. The third-order valence-electron chi connectivity index (χ3n) is 4.68. The third kappa shape index (κ3) is 5.21. The summed E-state index contributed by atoms with van der Waals surface area (Å²) in [7, 11) is 0. The summed E-state index contributed by atoms with van der Waals surface area (Å²) in [5.74, 6) is 2.41. The Morgan fingerprint density at radius 2 is 1.53 bits per heavy atom. The molecule has 0 aliphatic rings. The molecule has 0 fully saturated rings. The maximum Gasteiger partial charge on any atom is 0.247 e. The van der Waals surface area contributed by atoms with Crippen molar-refractivity contribution in [3.63, 3.8) is 0 Å². The van der Waals surface area contributed by atoms with Crippen LogP contribution in [0.25, 0.3) is 11.3 Å². The van der Waals surface area contributed by atoms with E-state index in [1.165, 1.54) is 6.08 Å². The number of aromatic nitrogens is 1. The van der Waals surface area contributed by atoms with Crippen LogP contribution in [0.1, 0.15) is 5.56 Å². The van der Waals surface area contributed by atoms with Crippen LogP contribution in [0.5, 0.6) is 23.1 Å². The van der Waals surface area contributed by atoms with Crippen LogP contribution in [0.2, 0.25) is 0 Å². The number of pyridine rings is 1. The standard InChI is InChI=1S/C27H22N2O3/c1-3-26(30)28-21-9-7-8-20(18-21)25-17-12-19(2)27(29-25)32-24-15-13-23(14-16-24)31-22-10-5-4-6-11-22/h3-18H,1H2,2H3,(H,28,30). The van der Waals surface area contributed by atoms with Crippen molar-refractivity contribution in [3.05, 3.63) is 109 Å². The van der Waals surface area contributed by atoms with Gasteiger partial charge < -0.3 is 14.8 Å². The van der Waals surface area contributed by atoms with Crippen molar-refractivity contribution in [2.24, 2.45) is 0 Å². The van der Waals surface area contributed by atoms with Gasteiger partial charge in [-0.3, -0.25) is 4.79 Å². The van der Waals surface area contributed by atoms with Gasteiger partial charge in [-0.05, 0) is 67.6 Å². The van der Waals surface area contributed by atoms with E-state index in [0.29, 0.717) is 17.3 Å². The van der Waals surface area contributed by atoms with Crippen LogP contribution in [-0.2, 0) is 4.79 Å². The Bertz CT molecular complexity index is 1240. The number of nitrogens with zero attached hydrogens (tertiary/aromatic N) is 1. The molecule has 0 unspecified atom stereocenters. The van der Waals surface area contributed by atoms with Gasteiger partial charge in [-0.2, -0.15) is 0 Å². The molecule has 32 heavy (non-hydrogen) atoms. The molecule has 1 amide bonds. The highest BCUT2D eigenvalue weighted by atomic mass is 16.5. The smallest absolute Gasteiger partial charge is 0.247 e. The Hall–Kier alpha value is -4.38. The van der Waals surface area contributed by atoms with Crippen LogP contribution >= 0.6 is 0 Å². The second-order valence-electron chi connectivity index (χ2n) is 7.08. The van der Waals surface area contributed by atoms with E-state index >= 15 is 0 Å². The van der Waals surface area contributed by atoms with Gasteiger partial charge in [-0.15, -0.1) is 0 Å². The van der Waals surface area contributed by atoms with Crippen molar-refractivity contribution in [2.45, 2.75) is 6.92 Å². The number of anilines is 1. The van der Waals surface area contributed by atoms with Crippen LogP contribution in [-0.4, -0.2) is 10.9 Å². The van der Waals surface area contributed by atoms with Crippen molar-refractivity contribution in [1.82, 2.24) is 4.98 Å². The number of ether oxygens (including phenoxy) is 2. The summed E-state index contributed by atoms with van der Waals surface area (Å²) in [6.45, 7) is 5.42. The Morgan fingerprint density at radius 1 is 0.844 bits per heavy atom. The number of carbonyl (C=O) groups excluding carboxylic acids is 1. The molecule has 158 valence electrons. The summed E-state index contributed by atoms with van der Waals surface area (Å²) in [6, 6.07) is 28.4. The quantitative estimate of drug-likeness (QED) is 0.334. The maximum absolute atomic E-state index is 11.6. The van der Waals surface area contributed by atoms with Crippen molar-refractivity contribution in [2.75, 3.05) is 5.32 Å². The van der Waals surface area contributed by atoms with Crippen LogP contribution in [0.15, 0.2) is 104 Å². The molecule has 0 spiro atoms. The molecule has 0 radical (unpaired) electrons. The Labute approximate surface area is 187 Å². The third-order valence-corrected chi connectivity index (χ3v) is 4.68. The van der Waals surface area contributed by atoms with Gasteiger partial charge in [0.25, 0.3) is 0 Å². The normalized spacial score (nSPS) is 10.3. The zero-order valence-electron chi connectivity index (χ0n) is 17.6. The van der Waals surface area contributed by atoms with E-state index < -0.39 is 0 Å². The van der Waals surface area contributed by atoms with E-state index in [0.717, 1.165) is 28.3 Å². The molecule has 0 aliphatic carbocycles. The second kappa shape index (κ2) is 9.62. The molecule has 0 saturated carbocycles. The first-order valence-electron chi connectivity index (χ1n) is 10.1. The lowest BCUT2D eigenvalue weighted by Crippen LogP contribution is -2.07. The molecule has 4 aromatic rings. The average Bonchev–Trinajstić information content (AvgIpc) is 2.82. The SMILES string of the molecule is C=CC(=O)Nc1cccc(-c2ccc(C)c(Oc3ccc(Oc4ccccc4)cc3)n2)c1. The summed E-state index contributed by atoms with van der Waals surface area (Å²) < 4.78 is 11.9. The van der Waals surface area contributed by atoms with Crippen LogP contribution in [0.3, 0.4) is 0 Å².